The molecule has 7 unspecified atom stereocenters. The van der Waals surface area contributed by atoms with Crippen LogP contribution >= 0.6 is 0 Å². The number of unbranched alkanes of at least 4 members (excludes halogenated alkanes) is 10. The van der Waals surface area contributed by atoms with Crippen LogP contribution in [-0.4, -0.2) is 78.3 Å². The van der Waals surface area contributed by atoms with E-state index in [1.165, 1.54) is 38.5 Å². The monoisotopic (exact) mass is 919 g/mol. The molecule has 10 heteroatoms. The minimum atomic E-state index is -1.29. The van der Waals surface area contributed by atoms with Crippen LogP contribution in [0.3, 0.4) is 0 Å². The third kappa shape index (κ3) is 12.8. The number of allylic oxidation sites excluding steroid dienone is 1. The molecular weight excluding hydrogens is 841 g/mol. The van der Waals surface area contributed by atoms with Crippen molar-refractivity contribution in [2.45, 2.75) is 159 Å². The Kier molecular flexibility index (Phi) is 19.4. The number of nitrogens with zero attached hydrogens (tertiary/aromatic N) is 2. The van der Waals surface area contributed by atoms with Crippen molar-refractivity contribution in [1.29, 1.82) is 0 Å². The van der Waals surface area contributed by atoms with E-state index >= 15 is 0 Å². The minimum Gasteiger partial charge on any atom is -0.459 e. The Labute approximate surface area is 400 Å². The van der Waals surface area contributed by atoms with Gasteiger partial charge in [0.05, 0.1) is 24.8 Å². The van der Waals surface area contributed by atoms with E-state index in [2.05, 4.69) is 49.9 Å². The quantitative estimate of drug-likeness (QED) is 0.0441. The molecule has 2 heterocycles. The van der Waals surface area contributed by atoms with Crippen molar-refractivity contribution in [3.05, 3.63) is 103 Å². The Morgan fingerprint density at radius 2 is 1.55 bits per heavy atom. The molecule has 1 saturated carbocycles. The molecule has 7 atom stereocenters. The fourth-order valence-corrected chi connectivity index (χ4v) is 11.1. The summed E-state index contributed by atoms with van der Waals surface area (Å²) in [6.45, 7) is 7.44. The van der Waals surface area contributed by atoms with Crippen molar-refractivity contribution in [1.82, 2.24) is 4.90 Å². The largest absolute Gasteiger partial charge is 0.459 e. The van der Waals surface area contributed by atoms with E-state index in [0.717, 1.165) is 97.9 Å². The van der Waals surface area contributed by atoms with Crippen LogP contribution in [0.15, 0.2) is 102 Å². The molecule has 1 amide bonds. The first-order chi connectivity index (χ1) is 32.9. The Morgan fingerprint density at radius 3 is 2.25 bits per heavy atom. The SMILES string of the molecule is C=CCOC12Oc3ccc(Oc4ccc(-c5ccccc5)cc4)cc3C3C(CCCCO)C(CCCCO)C=C(C(=NOC4CCCCO4)CC1N(C)C(=O)CCCCCCCCCCC)C32. The normalized spacial score (nSPS) is 24.8. The topological polar surface area (TPSA) is 119 Å². The van der Waals surface area contributed by atoms with Crippen LogP contribution in [-0.2, 0) is 19.1 Å². The molecule has 0 radical (unpaired) electrons. The summed E-state index contributed by atoms with van der Waals surface area (Å²) in [5.41, 5.74) is 5.08. The lowest BCUT2D eigenvalue weighted by Crippen LogP contribution is -2.69. The van der Waals surface area contributed by atoms with Crippen molar-refractivity contribution in [3.8, 4) is 28.4 Å². The number of fused-ring (bicyclic) bond motifs is 2. The number of benzene rings is 3. The second kappa shape index (κ2) is 25.8. The highest BCUT2D eigenvalue weighted by Crippen LogP contribution is 2.62. The van der Waals surface area contributed by atoms with Gasteiger partial charge < -0.3 is 38.9 Å². The highest BCUT2D eigenvalue weighted by molar-refractivity contribution is 6.03. The van der Waals surface area contributed by atoms with Crippen LogP contribution in [0.4, 0.5) is 0 Å². The van der Waals surface area contributed by atoms with Crippen molar-refractivity contribution in [2.75, 3.05) is 33.5 Å². The summed E-state index contributed by atoms with van der Waals surface area (Å²) >= 11 is 0. The van der Waals surface area contributed by atoms with Gasteiger partial charge in [-0.05, 0) is 104 Å². The fourth-order valence-electron chi connectivity index (χ4n) is 11.1. The second-order valence-corrected chi connectivity index (χ2v) is 19.2. The molecule has 3 aromatic rings. The highest BCUT2D eigenvalue weighted by atomic mass is 16.8. The average molecular weight is 919 g/mol. The van der Waals surface area contributed by atoms with Gasteiger partial charge in [0.2, 0.25) is 18.0 Å². The molecule has 2 aliphatic heterocycles. The van der Waals surface area contributed by atoms with Crippen LogP contribution in [0.1, 0.15) is 147 Å². The number of aliphatic hydroxyl groups is 2. The molecule has 1 saturated heterocycles. The number of ether oxygens (including phenoxy) is 4. The lowest BCUT2D eigenvalue weighted by molar-refractivity contribution is -0.256. The first kappa shape index (κ1) is 50.4. The molecule has 2 fully saturated rings. The van der Waals surface area contributed by atoms with E-state index in [9.17, 15) is 15.0 Å². The van der Waals surface area contributed by atoms with Gasteiger partial charge in [-0.3, -0.25) is 4.79 Å². The van der Waals surface area contributed by atoms with Gasteiger partial charge in [-0.25, -0.2) is 0 Å². The zero-order valence-electron chi connectivity index (χ0n) is 40.5. The third-order valence-electron chi connectivity index (χ3n) is 14.6. The Hall–Kier alpha value is -4.48. The molecular formula is C57H78N2O8. The first-order valence-electron chi connectivity index (χ1n) is 25.9. The van der Waals surface area contributed by atoms with Gasteiger partial charge in [0.25, 0.3) is 0 Å². The molecule has 0 bridgehead atoms. The van der Waals surface area contributed by atoms with Crippen LogP contribution in [0.2, 0.25) is 0 Å². The van der Waals surface area contributed by atoms with Crippen molar-refractivity contribution >= 4 is 11.6 Å². The molecule has 0 aromatic heterocycles. The number of hydrogen-bond donors (Lipinski definition) is 2. The number of aliphatic hydroxyl groups excluding tert-OH is 2. The molecule has 3 aromatic carbocycles. The maximum Gasteiger partial charge on any atom is 0.239 e. The van der Waals surface area contributed by atoms with E-state index in [-0.39, 0.29) is 49.4 Å². The number of likely N-dealkylation sites (N-methyl/N-ethyl adjacent to an activating group) is 1. The lowest BCUT2D eigenvalue weighted by Gasteiger charge is -2.59. The van der Waals surface area contributed by atoms with Crippen LogP contribution in [0.5, 0.6) is 17.2 Å². The zero-order chi connectivity index (χ0) is 46.9. The van der Waals surface area contributed by atoms with Gasteiger partial charge in [0.1, 0.15) is 23.3 Å². The number of carbonyl (C=O) groups excluding carboxylic acids is 1. The van der Waals surface area contributed by atoms with Gasteiger partial charge in [-0.15, -0.1) is 6.58 Å². The summed E-state index contributed by atoms with van der Waals surface area (Å²) in [6.07, 6.45) is 22.7. The maximum atomic E-state index is 14.5. The smallest absolute Gasteiger partial charge is 0.239 e. The van der Waals surface area contributed by atoms with Gasteiger partial charge in [-0.1, -0.05) is 131 Å². The molecule has 2 N–H and O–H groups in total. The van der Waals surface area contributed by atoms with Crippen molar-refractivity contribution in [2.24, 2.45) is 22.9 Å². The summed E-state index contributed by atoms with van der Waals surface area (Å²) in [5, 5.41) is 25.0. The summed E-state index contributed by atoms with van der Waals surface area (Å²) in [6, 6.07) is 24.1. The molecule has 10 nitrogen and oxygen atoms in total. The fraction of sp³-hybridized carbons (Fsp3) is 0.579. The molecule has 4 aliphatic rings. The number of hydrogen-bond acceptors (Lipinski definition) is 9. The lowest BCUT2D eigenvalue weighted by atomic mass is 9.55. The van der Waals surface area contributed by atoms with Crippen LogP contribution in [0, 0.1) is 17.8 Å². The molecule has 7 rings (SSSR count). The highest BCUT2D eigenvalue weighted by Gasteiger charge is 2.65. The number of rotatable bonds is 27. The van der Waals surface area contributed by atoms with E-state index in [0.29, 0.717) is 43.8 Å². The van der Waals surface area contributed by atoms with Crippen molar-refractivity contribution in [3.63, 3.8) is 0 Å². The van der Waals surface area contributed by atoms with E-state index in [4.69, 9.17) is 28.9 Å². The first-order valence-corrected chi connectivity index (χ1v) is 25.9. The summed E-state index contributed by atoms with van der Waals surface area (Å²) in [7, 11) is 1.91. The average Bonchev–Trinajstić information content (AvgIpc) is 3.36. The Bertz CT molecular complexity index is 2050. The molecule has 0 spiro atoms. The van der Waals surface area contributed by atoms with Crippen LogP contribution < -0.4 is 9.47 Å². The molecule has 67 heavy (non-hydrogen) atoms. The number of oxime groups is 1. The van der Waals surface area contributed by atoms with Gasteiger partial charge in [0, 0.05) is 51.0 Å². The van der Waals surface area contributed by atoms with E-state index < -0.39 is 18.1 Å². The predicted octanol–water partition coefficient (Wildman–Crippen LogP) is 12.7. The Balaban J connectivity index is 1.28. The van der Waals surface area contributed by atoms with Gasteiger partial charge in [0.15, 0.2) is 0 Å². The number of amides is 1. The van der Waals surface area contributed by atoms with Crippen molar-refractivity contribution < 1.29 is 38.8 Å². The standard InChI is InChI=1S/C57H78N2O8/c1-4-6-7-8-9-10-11-12-16-27-53(62)59(3)52-41-50(58-67-54-28-19-22-38-63-54)48-39-44(25-17-20-35-60)47(26-18-21-36-61)55-49-40-46(33-34-51(49)66-57(52,56(48)55)64-37-5-2)65-45-31-29-43(30-32-45)42-23-14-13-15-24-42/h5,13-15,23-24,29-34,39-40,44,47,52,54-56,60-61H,2,4,6-12,16-22,25-28,35-38,41H2,1,3H3. The summed E-state index contributed by atoms with van der Waals surface area (Å²) < 4.78 is 27.2. The maximum absolute atomic E-state index is 14.5. The Morgan fingerprint density at radius 1 is 0.851 bits per heavy atom. The summed E-state index contributed by atoms with van der Waals surface area (Å²) in [4.78, 5) is 22.7. The van der Waals surface area contributed by atoms with Crippen LogP contribution in [0.25, 0.3) is 11.1 Å². The molecule has 2 aliphatic carbocycles. The predicted molar refractivity (Wildman–Crippen MR) is 266 cm³/mol. The van der Waals surface area contributed by atoms with Gasteiger partial charge >= 0.3 is 0 Å². The third-order valence-corrected chi connectivity index (χ3v) is 14.6. The second-order valence-electron chi connectivity index (χ2n) is 19.2. The zero-order valence-corrected chi connectivity index (χ0v) is 40.5. The van der Waals surface area contributed by atoms with E-state index in [1.54, 1.807) is 6.08 Å². The number of carbonyl (C=O) groups is 1. The molecule has 364 valence electrons. The van der Waals surface area contributed by atoms with Gasteiger partial charge in [-0.2, -0.15) is 0 Å². The summed E-state index contributed by atoms with van der Waals surface area (Å²) in [5.74, 6) is 0.606. The van der Waals surface area contributed by atoms with E-state index in [1.807, 2.05) is 54.4 Å². The minimum absolute atomic E-state index is 0.0583.